The van der Waals surface area contributed by atoms with E-state index in [4.69, 9.17) is 5.10 Å². The van der Waals surface area contributed by atoms with Crippen LogP contribution in [0, 0.1) is 6.92 Å². The zero-order valence-electron chi connectivity index (χ0n) is 18.7. The number of rotatable bonds is 5. The van der Waals surface area contributed by atoms with E-state index in [0.29, 0.717) is 35.6 Å². The van der Waals surface area contributed by atoms with E-state index < -0.39 is 10.0 Å². The summed E-state index contributed by atoms with van der Waals surface area (Å²) in [6, 6.07) is 24.4. The number of hydrogen-bond donors (Lipinski definition) is 1. The molecular weight excluding hydrogens is 448 g/mol. The van der Waals surface area contributed by atoms with Crippen LogP contribution in [0.3, 0.4) is 0 Å². The molecule has 0 radical (unpaired) electrons. The molecule has 4 aromatic rings. The Bertz CT molecular complexity index is 1450. The lowest BCUT2D eigenvalue weighted by Crippen LogP contribution is -2.25. The summed E-state index contributed by atoms with van der Waals surface area (Å²) in [6.45, 7) is 2.46. The first-order chi connectivity index (χ1) is 16.4. The Labute approximate surface area is 198 Å². The van der Waals surface area contributed by atoms with E-state index in [0.717, 1.165) is 16.8 Å². The third-order valence-corrected chi connectivity index (χ3v) is 7.67. The van der Waals surface area contributed by atoms with E-state index >= 15 is 0 Å². The topological polar surface area (TPSA) is 84.3 Å². The van der Waals surface area contributed by atoms with Gasteiger partial charge in [-0.3, -0.25) is 9.10 Å². The minimum atomic E-state index is -3.30. The lowest BCUT2D eigenvalue weighted by molar-refractivity contribution is 0.102. The summed E-state index contributed by atoms with van der Waals surface area (Å²) in [7, 11) is -3.30. The zero-order valence-corrected chi connectivity index (χ0v) is 19.5. The minimum Gasteiger partial charge on any atom is -0.322 e. The van der Waals surface area contributed by atoms with E-state index in [2.05, 4.69) is 5.32 Å². The summed E-state index contributed by atoms with van der Waals surface area (Å²) in [4.78, 5) is 13.4. The van der Waals surface area contributed by atoms with Gasteiger partial charge in [-0.1, -0.05) is 54.1 Å². The maximum absolute atomic E-state index is 13.4. The highest BCUT2D eigenvalue weighted by atomic mass is 32.2. The van der Waals surface area contributed by atoms with Crippen molar-refractivity contribution < 1.29 is 13.2 Å². The molecule has 1 aliphatic rings. The third kappa shape index (κ3) is 4.32. The van der Waals surface area contributed by atoms with Gasteiger partial charge in [0.2, 0.25) is 10.0 Å². The Morgan fingerprint density at radius 3 is 2.41 bits per heavy atom. The first-order valence-electron chi connectivity index (χ1n) is 11.0. The van der Waals surface area contributed by atoms with Crippen LogP contribution in [0.5, 0.6) is 0 Å². The number of nitrogens with one attached hydrogen (secondary N) is 1. The largest absolute Gasteiger partial charge is 0.322 e. The molecular formula is C26H24N4O3S. The highest BCUT2D eigenvalue weighted by Gasteiger charge is 2.28. The molecule has 2 heterocycles. The van der Waals surface area contributed by atoms with E-state index in [1.165, 1.54) is 4.31 Å². The number of carbonyl (C=O) groups is 1. The number of aromatic nitrogens is 2. The molecule has 172 valence electrons. The van der Waals surface area contributed by atoms with Gasteiger partial charge in [0, 0.05) is 24.0 Å². The molecule has 1 aliphatic heterocycles. The van der Waals surface area contributed by atoms with Crippen molar-refractivity contribution in [2.24, 2.45) is 0 Å². The van der Waals surface area contributed by atoms with Gasteiger partial charge >= 0.3 is 0 Å². The highest BCUT2D eigenvalue weighted by molar-refractivity contribution is 7.93. The Hall–Kier alpha value is -3.91. The molecule has 0 aliphatic carbocycles. The van der Waals surface area contributed by atoms with Crippen molar-refractivity contribution in [3.8, 4) is 16.9 Å². The molecule has 3 aromatic carbocycles. The molecule has 1 saturated heterocycles. The quantitative estimate of drug-likeness (QED) is 0.459. The Balaban J connectivity index is 1.49. The van der Waals surface area contributed by atoms with Crippen LogP contribution in [-0.4, -0.2) is 36.4 Å². The Morgan fingerprint density at radius 1 is 0.941 bits per heavy atom. The van der Waals surface area contributed by atoms with Crippen LogP contribution in [0.25, 0.3) is 16.9 Å². The number of anilines is 2. The molecule has 0 atom stereocenters. The number of sulfonamides is 1. The van der Waals surface area contributed by atoms with Gasteiger partial charge < -0.3 is 5.32 Å². The summed E-state index contributed by atoms with van der Waals surface area (Å²) in [6.07, 6.45) is 2.31. The number of carbonyl (C=O) groups excluding carboxylic acids is 1. The van der Waals surface area contributed by atoms with Crippen molar-refractivity contribution in [1.29, 1.82) is 0 Å². The average Bonchev–Trinajstić information content (AvgIpc) is 3.44. The van der Waals surface area contributed by atoms with Gasteiger partial charge in [-0.05, 0) is 43.7 Å². The van der Waals surface area contributed by atoms with E-state index in [1.54, 1.807) is 35.1 Å². The van der Waals surface area contributed by atoms with Crippen molar-refractivity contribution in [3.63, 3.8) is 0 Å². The predicted octanol–water partition coefficient (Wildman–Crippen LogP) is 4.64. The number of aryl methyl sites for hydroxylation is 1. The van der Waals surface area contributed by atoms with Crippen molar-refractivity contribution in [2.45, 2.75) is 13.3 Å². The van der Waals surface area contributed by atoms with Gasteiger partial charge in [0.1, 0.15) is 5.69 Å². The summed E-state index contributed by atoms with van der Waals surface area (Å²) in [5, 5.41) is 7.63. The van der Waals surface area contributed by atoms with Crippen LogP contribution in [0.2, 0.25) is 0 Å². The highest BCUT2D eigenvalue weighted by Crippen LogP contribution is 2.28. The monoisotopic (exact) mass is 472 g/mol. The molecule has 1 aromatic heterocycles. The lowest BCUT2D eigenvalue weighted by Gasteiger charge is -2.17. The van der Waals surface area contributed by atoms with Crippen LogP contribution in [-0.2, 0) is 10.0 Å². The number of amides is 1. The molecule has 1 amide bonds. The normalized spacial score (nSPS) is 14.8. The lowest BCUT2D eigenvalue weighted by atomic mass is 10.1. The SMILES string of the molecule is Cc1ccc(-n2cc(C(=O)Nc3cccc(N4CCCS4(=O)=O)c3)c(-c3ccccc3)n2)cc1. The predicted molar refractivity (Wildman–Crippen MR) is 134 cm³/mol. The Morgan fingerprint density at radius 2 is 1.71 bits per heavy atom. The molecule has 8 heteroatoms. The first-order valence-corrected chi connectivity index (χ1v) is 12.7. The fourth-order valence-electron chi connectivity index (χ4n) is 4.05. The maximum Gasteiger partial charge on any atom is 0.259 e. The fraction of sp³-hybridized carbons (Fsp3) is 0.154. The molecule has 0 bridgehead atoms. The van der Waals surface area contributed by atoms with Crippen molar-refractivity contribution in [3.05, 3.63) is 96.2 Å². The van der Waals surface area contributed by atoms with Crippen LogP contribution < -0.4 is 9.62 Å². The van der Waals surface area contributed by atoms with Gasteiger partial charge in [-0.2, -0.15) is 5.10 Å². The summed E-state index contributed by atoms with van der Waals surface area (Å²) >= 11 is 0. The van der Waals surface area contributed by atoms with E-state index in [9.17, 15) is 13.2 Å². The molecule has 1 fully saturated rings. The second-order valence-electron chi connectivity index (χ2n) is 8.28. The summed E-state index contributed by atoms with van der Waals surface area (Å²) in [5.74, 6) is -0.180. The second-order valence-corrected chi connectivity index (χ2v) is 10.3. The number of nitrogens with zero attached hydrogens (tertiary/aromatic N) is 3. The first kappa shape index (κ1) is 21.9. The molecule has 0 saturated carbocycles. The molecule has 5 rings (SSSR count). The molecule has 1 N–H and O–H groups in total. The van der Waals surface area contributed by atoms with Crippen LogP contribution in [0.15, 0.2) is 85.1 Å². The van der Waals surface area contributed by atoms with Gasteiger partial charge in [-0.15, -0.1) is 0 Å². The van der Waals surface area contributed by atoms with E-state index in [1.807, 2.05) is 61.5 Å². The van der Waals surface area contributed by atoms with Crippen molar-refractivity contribution in [1.82, 2.24) is 9.78 Å². The van der Waals surface area contributed by atoms with Gasteiger partial charge in [0.05, 0.1) is 22.7 Å². The summed E-state index contributed by atoms with van der Waals surface area (Å²) < 4.78 is 27.7. The number of hydrogen-bond acceptors (Lipinski definition) is 4. The second kappa shape index (κ2) is 8.79. The van der Waals surface area contributed by atoms with Gasteiger partial charge in [-0.25, -0.2) is 13.1 Å². The summed E-state index contributed by atoms with van der Waals surface area (Å²) in [5.41, 5.74) is 4.87. The molecule has 0 unspecified atom stereocenters. The fourth-order valence-corrected chi connectivity index (χ4v) is 5.60. The van der Waals surface area contributed by atoms with Crippen molar-refractivity contribution in [2.75, 3.05) is 21.9 Å². The standard InChI is InChI=1S/C26H24N4O3S/c1-19-11-13-22(14-12-19)29-18-24(25(28-29)20-7-3-2-4-8-20)26(31)27-21-9-5-10-23(17-21)30-15-6-16-34(30,32)33/h2-5,7-14,17-18H,6,15-16H2,1H3,(H,27,31). The van der Waals surface area contributed by atoms with Crippen LogP contribution in [0.1, 0.15) is 22.3 Å². The maximum atomic E-state index is 13.4. The van der Waals surface area contributed by atoms with Crippen LogP contribution >= 0.6 is 0 Å². The number of benzene rings is 3. The van der Waals surface area contributed by atoms with Gasteiger partial charge in [0.25, 0.3) is 5.91 Å². The zero-order chi connectivity index (χ0) is 23.7. The molecule has 7 nitrogen and oxygen atoms in total. The van der Waals surface area contributed by atoms with E-state index in [-0.39, 0.29) is 11.7 Å². The minimum absolute atomic E-state index is 0.141. The third-order valence-electron chi connectivity index (χ3n) is 5.80. The molecule has 0 spiro atoms. The average molecular weight is 473 g/mol. The smallest absolute Gasteiger partial charge is 0.259 e. The van der Waals surface area contributed by atoms with Gasteiger partial charge in [0.15, 0.2) is 0 Å². The molecule has 34 heavy (non-hydrogen) atoms. The Kier molecular flexibility index (Phi) is 5.67. The van der Waals surface area contributed by atoms with Crippen molar-refractivity contribution >= 4 is 27.3 Å². The van der Waals surface area contributed by atoms with Crippen LogP contribution in [0.4, 0.5) is 11.4 Å².